The van der Waals surface area contributed by atoms with Crippen LogP contribution in [0.5, 0.6) is 17.2 Å². The number of phenolic OH excluding ortho intramolecular Hbond substituents is 2. The summed E-state index contributed by atoms with van der Waals surface area (Å²) in [6, 6.07) is 4.08. The van der Waals surface area contributed by atoms with Crippen LogP contribution in [0.15, 0.2) is 18.2 Å². The van der Waals surface area contributed by atoms with Gasteiger partial charge in [-0.2, -0.15) is 0 Å². The van der Waals surface area contributed by atoms with Crippen LogP contribution in [0, 0.1) is 0 Å². The molecular formula is C8H8O4. The van der Waals surface area contributed by atoms with Crippen LogP contribution in [-0.4, -0.2) is 16.2 Å². The Balaban J connectivity index is 3.04. The first-order valence-corrected chi connectivity index (χ1v) is 3.30. The van der Waals surface area contributed by atoms with Gasteiger partial charge < -0.3 is 14.9 Å². The number of carbonyl (C=O) groups is 1. The van der Waals surface area contributed by atoms with Crippen molar-refractivity contribution in [1.29, 1.82) is 0 Å². The highest BCUT2D eigenvalue weighted by Crippen LogP contribution is 2.34. The van der Waals surface area contributed by atoms with Crippen LogP contribution in [-0.2, 0) is 4.79 Å². The Morgan fingerprint density at radius 1 is 1.33 bits per heavy atom. The van der Waals surface area contributed by atoms with Gasteiger partial charge in [-0.3, -0.25) is 4.79 Å². The summed E-state index contributed by atoms with van der Waals surface area (Å²) in [6.45, 7) is 1.19. The third-order valence-corrected chi connectivity index (χ3v) is 1.22. The van der Waals surface area contributed by atoms with E-state index in [4.69, 9.17) is 10.2 Å². The minimum atomic E-state index is -0.591. The second-order valence-corrected chi connectivity index (χ2v) is 2.22. The van der Waals surface area contributed by atoms with E-state index in [0.717, 1.165) is 0 Å². The number of para-hydroxylation sites is 1. The molecule has 0 aliphatic rings. The maximum Gasteiger partial charge on any atom is 0.308 e. The molecule has 1 rings (SSSR count). The number of benzene rings is 1. The van der Waals surface area contributed by atoms with Crippen LogP contribution < -0.4 is 4.74 Å². The molecule has 0 aromatic heterocycles. The summed E-state index contributed by atoms with van der Waals surface area (Å²) < 4.78 is 4.54. The molecule has 0 radical (unpaired) electrons. The maximum absolute atomic E-state index is 10.5. The summed E-state index contributed by atoms with van der Waals surface area (Å²) in [5, 5.41) is 18.2. The minimum Gasteiger partial charge on any atom is -0.504 e. The molecule has 0 saturated heterocycles. The van der Waals surface area contributed by atoms with Gasteiger partial charge >= 0.3 is 5.97 Å². The standard InChI is InChI=1S/C8H8O4/c1-5(9)12-8-6(10)3-2-4-7(8)11/h2-4,10-11H,1H3. The van der Waals surface area contributed by atoms with Gasteiger partial charge in [0, 0.05) is 6.92 Å². The molecule has 0 aliphatic carbocycles. The van der Waals surface area contributed by atoms with E-state index >= 15 is 0 Å². The first-order chi connectivity index (χ1) is 5.61. The quantitative estimate of drug-likeness (QED) is 0.485. The van der Waals surface area contributed by atoms with E-state index in [1.165, 1.54) is 25.1 Å². The Morgan fingerprint density at radius 3 is 2.25 bits per heavy atom. The summed E-state index contributed by atoms with van der Waals surface area (Å²) in [4.78, 5) is 10.5. The number of ether oxygens (including phenoxy) is 1. The van der Waals surface area contributed by atoms with Crippen LogP contribution in [0.2, 0.25) is 0 Å². The molecule has 0 atom stereocenters. The van der Waals surface area contributed by atoms with Gasteiger partial charge in [0.25, 0.3) is 0 Å². The van der Waals surface area contributed by atoms with Gasteiger partial charge in [-0.1, -0.05) is 6.07 Å². The Morgan fingerprint density at radius 2 is 1.83 bits per heavy atom. The average molecular weight is 168 g/mol. The normalized spacial score (nSPS) is 9.42. The average Bonchev–Trinajstić information content (AvgIpc) is 1.97. The molecule has 1 aromatic carbocycles. The first kappa shape index (κ1) is 8.39. The van der Waals surface area contributed by atoms with Crippen molar-refractivity contribution >= 4 is 5.97 Å². The molecule has 0 saturated carbocycles. The van der Waals surface area contributed by atoms with Gasteiger partial charge in [-0.25, -0.2) is 0 Å². The Bertz CT molecular complexity index is 286. The molecular weight excluding hydrogens is 160 g/mol. The smallest absolute Gasteiger partial charge is 0.308 e. The van der Waals surface area contributed by atoms with Gasteiger partial charge in [-0.05, 0) is 12.1 Å². The van der Waals surface area contributed by atoms with Crippen molar-refractivity contribution in [2.45, 2.75) is 6.92 Å². The third kappa shape index (κ3) is 1.66. The fraction of sp³-hybridized carbons (Fsp3) is 0.125. The number of aromatic hydroxyl groups is 2. The molecule has 0 heterocycles. The number of rotatable bonds is 1. The Kier molecular flexibility index (Phi) is 2.19. The monoisotopic (exact) mass is 168 g/mol. The lowest BCUT2D eigenvalue weighted by atomic mass is 10.3. The molecule has 0 unspecified atom stereocenters. The van der Waals surface area contributed by atoms with Crippen molar-refractivity contribution in [2.75, 3.05) is 0 Å². The minimum absolute atomic E-state index is 0.204. The molecule has 0 bridgehead atoms. The van der Waals surface area contributed by atoms with E-state index in [9.17, 15) is 4.79 Å². The van der Waals surface area contributed by atoms with Gasteiger partial charge in [0.15, 0.2) is 11.5 Å². The Labute approximate surface area is 69.0 Å². The van der Waals surface area contributed by atoms with Crippen molar-refractivity contribution in [3.8, 4) is 17.2 Å². The largest absolute Gasteiger partial charge is 0.504 e. The first-order valence-electron chi connectivity index (χ1n) is 3.30. The number of phenols is 2. The zero-order valence-corrected chi connectivity index (χ0v) is 6.44. The van der Waals surface area contributed by atoms with Crippen LogP contribution in [0.25, 0.3) is 0 Å². The van der Waals surface area contributed by atoms with Crippen molar-refractivity contribution < 1.29 is 19.7 Å². The van der Waals surface area contributed by atoms with Gasteiger partial charge in [0.1, 0.15) is 0 Å². The third-order valence-electron chi connectivity index (χ3n) is 1.22. The molecule has 4 heteroatoms. The Hall–Kier alpha value is -1.71. The highest BCUT2D eigenvalue weighted by molar-refractivity contribution is 5.71. The predicted molar refractivity (Wildman–Crippen MR) is 41.1 cm³/mol. The summed E-state index contributed by atoms with van der Waals surface area (Å²) in [5.74, 6) is -1.31. The van der Waals surface area contributed by atoms with E-state index in [1.807, 2.05) is 0 Å². The topological polar surface area (TPSA) is 66.8 Å². The molecule has 2 N–H and O–H groups in total. The number of esters is 1. The molecule has 64 valence electrons. The van der Waals surface area contributed by atoms with Gasteiger partial charge in [0.05, 0.1) is 0 Å². The summed E-state index contributed by atoms with van der Waals surface area (Å²) in [5.41, 5.74) is 0. The zero-order valence-electron chi connectivity index (χ0n) is 6.44. The molecule has 0 aliphatic heterocycles. The van der Waals surface area contributed by atoms with E-state index in [0.29, 0.717) is 0 Å². The second kappa shape index (κ2) is 3.13. The van der Waals surface area contributed by atoms with Crippen LogP contribution >= 0.6 is 0 Å². The van der Waals surface area contributed by atoms with Crippen molar-refractivity contribution in [3.63, 3.8) is 0 Å². The van der Waals surface area contributed by atoms with Crippen molar-refractivity contribution in [2.24, 2.45) is 0 Å². The molecule has 4 nitrogen and oxygen atoms in total. The summed E-state index contributed by atoms with van der Waals surface area (Å²) >= 11 is 0. The van der Waals surface area contributed by atoms with E-state index < -0.39 is 5.97 Å². The van der Waals surface area contributed by atoms with Crippen LogP contribution in [0.1, 0.15) is 6.92 Å². The van der Waals surface area contributed by atoms with Gasteiger partial charge in [0.2, 0.25) is 5.75 Å². The zero-order chi connectivity index (χ0) is 9.14. The summed E-state index contributed by atoms with van der Waals surface area (Å²) in [7, 11) is 0. The molecule has 0 spiro atoms. The van der Waals surface area contributed by atoms with Crippen LogP contribution in [0.4, 0.5) is 0 Å². The fourth-order valence-electron chi connectivity index (χ4n) is 0.761. The lowest BCUT2D eigenvalue weighted by Gasteiger charge is -2.04. The lowest BCUT2D eigenvalue weighted by Crippen LogP contribution is -2.01. The van der Waals surface area contributed by atoms with E-state index in [1.54, 1.807) is 0 Å². The van der Waals surface area contributed by atoms with E-state index in [-0.39, 0.29) is 17.2 Å². The lowest BCUT2D eigenvalue weighted by molar-refractivity contribution is -0.132. The highest BCUT2D eigenvalue weighted by atomic mass is 16.5. The van der Waals surface area contributed by atoms with Gasteiger partial charge in [-0.15, -0.1) is 0 Å². The molecule has 0 amide bonds. The molecule has 0 fully saturated rings. The maximum atomic E-state index is 10.5. The number of carbonyl (C=O) groups excluding carboxylic acids is 1. The SMILES string of the molecule is CC(=O)Oc1c(O)cccc1O. The summed E-state index contributed by atoms with van der Waals surface area (Å²) in [6.07, 6.45) is 0. The fourth-order valence-corrected chi connectivity index (χ4v) is 0.761. The molecule has 1 aromatic rings. The van der Waals surface area contributed by atoms with Crippen LogP contribution in [0.3, 0.4) is 0 Å². The second-order valence-electron chi connectivity index (χ2n) is 2.22. The predicted octanol–water partition coefficient (Wildman–Crippen LogP) is 1.02. The van der Waals surface area contributed by atoms with E-state index in [2.05, 4.69) is 4.74 Å². The highest BCUT2D eigenvalue weighted by Gasteiger charge is 2.09. The number of hydrogen-bond acceptors (Lipinski definition) is 4. The van der Waals surface area contributed by atoms with Crippen molar-refractivity contribution in [1.82, 2.24) is 0 Å². The number of hydrogen-bond donors (Lipinski definition) is 2. The molecule has 12 heavy (non-hydrogen) atoms. The van der Waals surface area contributed by atoms with Crippen molar-refractivity contribution in [3.05, 3.63) is 18.2 Å².